The van der Waals surface area contributed by atoms with E-state index in [-0.39, 0.29) is 35.9 Å². The molecule has 9 heteroatoms. The van der Waals surface area contributed by atoms with E-state index >= 15 is 0 Å². The number of aromatic nitrogens is 2. The number of pyridine rings is 2. The lowest BCUT2D eigenvalue weighted by molar-refractivity contribution is -0.123. The van der Waals surface area contributed by atoms with E-state index in [4.69, 9.17) is 0 Å². The Balaban J connectivity index is 1.46. The highest BCUT2D eigenvalue weighted by Gasteiger charge is 2.34. The predicted molar refractivity (Wildman–Crippen MR) is 105 cm³/mol. The summed E-state index contributed by atoms with van der Waals surface area (Å²) < 4.78 is 0. The summed E-state index contributed by atoms with van der Waals surface area (Å²) >= 11 is 2.21. The minimum atomic E-state index is -0.356. The molecule has 0 bridgehead atoms. The van der Waals surface area contributed by atoms with Crippen LogP contribution in [0.1, 0.15) is 5.56 Å². The topological polar surface area (TPSA) is 92.3 Å². The molecule has 138 valence electrons. The highest BCUT2D eigenvalue weighted by molar-refractivity contribution is 8.18. The summed E-state index contributed by atoms with van der Waals surface area (Å²) in [6.45, 7) is 0.342. The van der Waals surface area contributed by atoms with Gasteiger partial charge < -0.3 is 5.32 Å². The van der Waals surface area contributed by atoms with Crippen molar-refractivity contribution in [3.8, 4) is 0 Å². The fourth-order valence-electron chi connectivity index (χ4n) is 2.24. The number of hydrogen-bond donors (Lipinski definition) is 1. The summed E-state index contributed by atoms with van der Waals surface area (Å²) in [6, 6.07) is 9.05. The van der Waals surface area contributed by atoms with E-state index in [2.05, 4.69) is 15.3 Å². The first kappa shape index (κ1) is 19.1. The maximum atomic E-state index is 12.4. The average Bonchev–Trinajstić information content (AvgIpc) is 2.95. The quantitative estimate of drug-likeness (QED) is 0.564. The molecule has 0 aromatic carbocycles. The van der Waals surface area contributed by atoms with Gasteiger partial charge >= 0.3 is 0 Å². The second-order valence-corrected chi connectivity index (χ2v) is 7.42. The number of carbonyl (C=O) groups is 3. The number of nitrogens with zero attached hydrogens (tertiary/aromatic N) is 3. The van der Waals surface area contributed by atoms with Crippen molar-refractivity contribution < 1.29 is 14.4 Å². The first-order chi connectivity index (χ1) is 13.1. The fraction of sp³-hybridized carbons (Fsp3) is 0.167. The van der Waals surface area contributed by atoms with Crippen LogP contribution in [0.25, 0.3) is 6.08 Å². The number of carbonyl (C=O) groups excluding carboxylic acids is 3. The number of amides is 3. The van der Waals surface area contributed by atoms with Crippen molar-refractivity contribution in [2.75, 3.05) is 18.8 Å². The monoisotopic (exact) mass is 400 g/mol. The molecule has 1 fully saturated rings. The van der Waals surface area contributed by atoms with Crippen LogP contribution in [-0.4, -0.2) is 50.8 Å². The van der Waals surface area contributed by atoms with Gasteiger partial charge in [-0.25, -0.2) is 4.98 Å². The zero-order valence-electron chi connectivity index (χ0n) is 14.2. The zero-order valence-corrected chi connectivity index (χ0v) is 15.8. The lowest BCUT2D eigenvalue weighted by atomic mass is 10.2. The summed E-state index contributed by atoms with van der Waals surface area (Å²) in [7, 11) is 0. The van der Waals surface area contributed by atoms with Crippen molar-refractivity contribution >= 4 is 46.7 Å². The second-order valence-electron chi connectivity index (χ2n) is 5.43. The average molecular weight is 400 g/mol. The molecule has 7 nitrogen and oxygen atoms in total. The Bertz CT molecular complexity index is 859. The maximum Gasteiger partial charge on any atom is 0.293 e. The van der Waals surface area contributed by atoms with Gasteiger partial charge in [0.2, 0.25) is 5.91 Å². The SMILES string of the molecule is O=C(CSc1ccccn1)NCCN1C(=O)SC(=Cc2cccnc2)C1=O. The number of hydrogen-bond acceptors (Lipinski definition) is 7. The molecule has 0 saturated carbocycles. The highest BCUT2D eigenvalue weighted by atomic mass is 32.2. The summed E-state index contributed by atoms with van der Waals surface area (Å²) in [6.07, 6.45) is 6.56. The fourth-order valence-corrected chi connectivity index (χ4v) is 3.79. The minimum absolute atomic E-state index is 0.134. The summed E-state index contributed by atoms with van der Waals surface area (Å²) in [5.74, 6) is -0.311. The molecule has 0 radical (unpaired) electrons. The normalized spacial score (nSPS) is 15.4. The molecular weight excluding hydrogens is 384 g/mol. The van der Waals surface area contributed by atoms with Crippen molar-refractivity contribution in [3.63, 3.8) is 0 Å². The van der Waals surface area contributed by atoms with Gasteiger partial charge in [0.05, 0.1) is 15.7 Å². The van der Waals surface area contributed by atoms with Gasteiger partial charge in [0.1, 0.15) is 0 Å². The highest BCUT2D eigenvalue weighted by Crippen LogP contribution is 2.31. The van der Waals surface area contributed by atoms with E-state index in [1.54, 1.807) is 36.8 Å². The Morgan fingerprint density at radius 2 is 2.11 bits per heavy atom. The zero-order chi connectivity index (χ0) is 19.1. The van der Waals surface area contributed by atoms with Gasteiger partial charge in [-0.2, -0.15) is 0 Å². The van der Waals surface area contributed by atoms with Gasteiger partial charge in [0.15, 0.2) is 0 Å². The Kier molecular flexibility index (Phi) is 6.61. The van der Waals surface area contributed by atoms with E-state index in [1.807, 2.05) is 18.2 Å². The molecule has 3 rings (SSSR count). The van der Waals surface area contributed by atoms with Gasteiger partial charge in [0.25, 0.3) is 11.1 Å². The van der Waals surface area contributed by atoms with Gasteiger partial charge in [0, 0.05) is 31.7 Å². The van der Waals surface area contributed by atoms with Gasteiger partial charge in [-0.1, -0.05) is 23.9 Å². The molecule has 1 aliphatic heterocycles. The smallest absolute Gasteiger partial charge is 0.293 e. The molecule has 0 spiro atoms. The molecule has 1 aliphatic rings. The van der Waals surface area contributed by atoms with Crippen molar-refractivity contribution in [3.05, 3.63) is 59.4 Å². The third kappa shape index (κ3) is 5.41. The molecule has 2 aromatic heterocycles. The van der Waals surface area contributed by atoms with Crippen molar-refractivity contribution in [2.45, 2.75) is 5.03 Å². The molecular formula is C18H16N4O3S2. The predicted octanol–water partition coefficient (Wildman–Crippen LogP) is 2.42. The summed E-state index contributed by atoms with van der Waals surface area (Å²) in [5, 5.41) is 3.14. The van der Waals surface area contributed by atoms with Crippen molar-refractivity contribution in [2.24, 2.45) is 0 Å². The van der Waals surface area contributed by atoms with Gasteiger partial charge in [-0.3, -0.25) is 24.3 Å². The van der Waals surface area contributed by atoms with E-state index in [1.165, 1.54) is 11.8 Å². The van der Waals surface area contributed by atoms with Crippen molar-refractivity contribution in [1.29, 1.82) is 0 Å². The molecule has 1 N–H and O–H groups in total. The number of thioether (sulfide) groups is 2. The molecule has 27 heavy (non-hydrogen) atoms. The summed E-state index contributed by atoms with van der Waals surface area (Å²) in [4.78, 5) is 45.9. The molecule has 0 unspecified atom stereocenters. The van der Waals surface area contributed by atoms with Crippen LogP contribution in [0.3, 0.4) is 0 Å². The number of rotatable bonds is 7. The Labute approximate surface area is 164 Å². The lowest BCUT2D eigenvalue weighted by Gasteiger charge is -2.12. The molecule has 1 saturated heterocycles. The Morgan fingerprint density at radius 3 is 2.85 bits per heavy atom. The van der Waals surface area contributed by atoms with Crippen LogP contribution in [0.5, 0.6) is 0 Å². The van der Waals surface area contributed by atoms with E-state index < -0.39 is 0 Å². The van der Waals surface area contributed by atoms with Crippen LogP contribution in [0.4, 0.5) is 4.79 Å². The standard InChI is InChI=1S/C18H16N4O3S2/c23-15(12-26-16-5-1-2-7-21-16)20-8-9-22-17(24)14(27-18(22)25)10-13-4-3-6-19-11-13/h1-7,10-11H,8-9,12H2,(H,20,23). The second kappa shape index (κ2) is 9.33. The Hall–Kier alpha value is -2.65. The van der Waals surface area contributed by atoms with Gasteiger partial charge in [-0.05, 0) is 41.6 Å². The van der Waals surface area contributed by atoms with Gasteiger partial charge in [-0.15, -0.1) is 0 Å². The van der Waals surface area contributed by atoms with Crippen LogP contribution >= 0.6 is 23.5 Å². The third-order valence-electron chi connectivity index (χ3n) is 3.50. The summed E-state index contributed by atoms with van der Waals surface area (Å²) in [5.41, 5.74) is 0.753. The first-order valence-electron chi connectivity index (χ1n) is 8.09. The molecule has 2 aromatic rings. The number of imide groups is 1. The third-order valence-corrected chi connectivity index (χ3v) is 5.35. The first-order valence-corrected chi connectivity index (χ1v) is 9.89. The molecule has 3 heterocycles. The van der Waals surface area contributed by atoms with Crippen molar-refractivity contribution in [1.82, 2.24) is 20.2 Å². The largest absolute Gasteiger partial charge is 0.354 e. The van der Waals surface area contributed by atoms with E-state index in [0.29, 0.717) is 4.91 Å². The maximum absolute atomic E-state index is 12.4. The van der Waals surface area contributed by atoms with Crippen LogP contribution in [0, 0.1) is 0 Å². The van der Waals surface area contributed by atoms with Crippen LogP contribution in [0.15, 0.2) is 58.9 Å². The van der Waals surface area contributed by atoms with E-state index in [0.717, 1.165) is 27.3 Å². The molecule has 0 aliphatic carbocycles. The van der Waals surface area contributed by atoms with Crippen LogP contribution in [0.2, 0.25) is 0 Å². The van der Waals surface area contributed by atoms with E-state index in [9.17, 15) is 14.4 Å². The molecule has 3 amide bonds. The Morgan fingerprint density at radius 1 is 1.22 bits per heavy atom. The number of nitrogens with one attached hydrogen (secondary N) is 1. The lowest BCUT2D eigenvalue weighted by Crippen LogP contribution is -2.37. The van der Waals surface area contributed by atoms with Crippen LogP contribution < -0.4 is 5.32 Å². The molecule has 0 atom stereocenters. The van der Waals surface area contributed by atoms with Crippen LogP contribution in [-0.2, 0) is 9.59 Å². The minimum Gasteiger partial charge on any atom is -0.354 e.